The van der Waals surface area contributed by atoms with E-state index in [1.165, 1.54) is 50.1 Å². The predicted molar refractivity (Wildman–Crippen MR) is 527 cm³/mol. The molecule has 23 aromatic rings. The standard InChI is InChI=1S/C28H19N4O.C24H19N4O.C22H23N4O.C19H17N4O.C18H15N4O.5Ir/c1-19-30-25-17-22(15-16-26(25)33-19)28-31-29-18-32(28)27-23(20-9-4-2-5-10-20)13-8-14-24(27)21-11-6-3-7-12-21;1-15-11-20(18-7-5-4-6-8-18)12-16(2)23(15)28-14-25-27-24(28)19-9-10-22-21(13-19)26-17(3)29-22;1-13(2)17-7-6-8-18(14(3)4)21(17)26-12-23-25-22(26)16-9-10-20-19(11-16)24-15(5)27-20;1-11-7-12(2)18(13(3)8-11)23-10-20-22-19(23)15-5-6-17-16(9-15)21-14(4)24-17;1-11-5-4-6-12(2)17(11)22-10-19-21-18(22)14-7-8-16-15(9-14)20-13(3)23-16;;;;;/h2-14,16-18H,1H3;4-8,10-14H,1-3H3;6-8,10-14H,1-5H3;6-10H,1-4H3;4-6,8-10H,1-3H3;;;;;/q5*-1;;;;;. The SMILES string of the molecule is Cc1cc(C)c(-n2cnnc2-c2[c-]cc3oc(C)nc3c2)c(C)c1.Cc1nc2cc(-c3nncn3-c3c(-c4ccccc4)cccc3-c3ccccc3)[c-]cc2o1.Cc1nc2cc(-c3nncn3-c3c(C(C)C)cccc3C(C)C)[c-]cc2o1.Cc1nc2cc(-c3nncn3-c3c(C)cc(-c4ccccc4)cc3C)[c-]cc2o1.Cc1nc2cc(-c3nncn3-c3c(C)cccc3C)[c-]cc2o1.[Ir].[Ir].[Ir].[Ir].[Ir]. The molecule has 10 heterocycles. The second-order valence-corrected chi connectivity index (χ2v) is 34.1. The van der Waals surface area contributed by atoms with Gasteiger partial charge in [-0.1, -0.05) is 191 Å². The quantitative estimate of drug-likeness (QED) is 0.0862. The number of aryl methyl sites for hydroxylation is 12. The first kappa shape index (κ1) is 103. The zero-order valence-corrected chi connectivity index (χ0v) is 91.6. The van der Waals surface area contributed by atoms with E-state index in [2.05, 4.69) is 339 Å². The van der Waals surface area contributed by atoms with Gasteiger partial charge >= 0.3 is 0 Å². The fourth-order valence-corrected chi connectivity index (χ4v) is 17.7. The summed E-state index contributed by atoms with van der Waals surface area (Å²) in [5, 5.41) is 42.7. The normalized spacial score (nSPS) is 11.0. The van der Waals surface area contributed by atoms with Gasteiger partial charge in [0.15, 0.2) is 29.5 Å². The van der Waals surface area contributed by atoms with E-state index in [1.54, 1.807) is 43.8 Å². The molecule has 0 aliphatic carbocycles. The molecule has 13 aromatic carbocycles. The first-order valence-corrected chi connectivity index (χ1v) is 44.6. The third-order valence-electron chi connectivity index (χ3n) is 23.5. The zero-order chi connectivity index (χ0) is 94.1. The first-order valence-electron chi connectivity index (χ1n) is 44.6. The molecule has 23 rings (SSSR count). The maximum absolute atomic E-state index is 5.62. The minimum Gasteiger partial charge on any atom is -0.488 e. The molecule has 25 nitrogen and oxygen atoms in total. The number of rotatable bonds is 15. The van der Waals surface area contributed by atoms with Crippen LogP contribution in [0, 0.1) is 113 Å². The van der Waals surface area contributed by atoms with Crippen molar-refractivity contribution in [3.05, 3.63) is 372 Å². The Kier molecular flexibility index (Phi) is 32.7. The van der Waals surface area contributed by atoms with E-state index >= 15 is 0 Å². The average molecular weight is 2750 g/mol. The third kappa shape index (κ3) is 21.7. The summed E-state index contributed by atoms with van der Waals surface area (Å²) in [6, 6.07) is 94.0. The van der Waals surface area contributed by atoms with Crippen LogP contribution in [0.3, 0.4) is 0 Å². The molecular weight excluding hydrogens is 2650 g/mol. The molecule has 0 bridgehead atoms. The van der Waals surface area contributed by atoms with Crippen LogP contribution in [0.4, 0.5) is 0 Å². The maximum atomic E-state index is 5.62. The van der Waals surface area contributed by atoms with Crippen LogP contribution in [0.25, 0.3) is 174 Å². The van der Waals surface area contributed by atoms with Crippen LogP contribution in [-0.4, -0.2) is 98.7 Å². The van der Waals surface area contributed by atoms with Crippen molar-refractivity contribution >= 4 is 55.5 Å². The fraction of sp³-hybridized carbons (Fsp3) is 0.162. The van der Waals surface area contributed by atoms with E-state index in [4.69, 9.17) is 22.1 Å². The van der Waals surface area contributed by atoms with Gasteiger partial charge in [0, 0.05) is 197 Å². The average Bonchev–Trinajstić information content (AvgIpc) is 1.66. The number of hydrogen-bond donors (Lipinski definition) is 0. The van der Waals surface area contributed by atoms with E-state index in [0.29, 0.717) is 52.7 Å². The zero-order valence-electron chi connectivity index (χ0n) is 79.6. The van der Waals surface area contributed by atoms with Crippen LogP contribution >= 0.6 is 0 Å². The number of fused-ring (bicyclic) bond motifs is 5. The van der Waals surface area contributed by atoms with Crippen molar-refractivity contribution in [1.82, 2.24) is 98.7 Å². The van der Waals surface area contributed by atoms with Crippen molar-refractivity contribution in [1.29, 1.82) is 0 Å². The van der Waals surface area contributed by atoms with Gasteiger partial charge in [0.25, 0.3) is 0 Å². The van der Waals surface area contributed by atoms with Gasteiger partial charge in [-0.3, -0.25) is 0 Å². The Morgan fingerprint density at radius 3 is 0.780 bits per heavy atom. The molecule has 0 fully saturated rings. The van der Waals surface area contributed by atoms with Crippen LogP contribution in [0.1, 0.15) is 119 Å². The summed E-state index contributed by atoms with van der Waals surface area (Å²) in [7, 11) is 0. The monoisotopic (exact) mass is 2750 g/mol. The Bertz CT molecular complexity index is 8180. The molecule has 0 atom stereocenters. The summed E-state index contributed by atoms with van der Waals surface area (Å²) in [4.78, 5) is 22.1. The summed E-state index contributed by atoms with van der Waals surface area (Å²) >= 11 is 0. The number of nitrogens with zero attached hydrogens (tertiary/aromatic N) is 20. The molecule has 0 spiro atoms. The smallest absolute Gasteiger partial charge is 0.180 e. The molecule has 10 aromatic heterocycles. The van der Waals surface area contributed by atoms with Crippen molar-refractivity contribution in [3.63, 3.8) is 0 Å². The third-order valence-corrected chi connectivity index (χ3v) is 23.5. The van der Waals surface area contributed by atoms with Gasteiger partial charge in [0.1, 0.15) is 31.6 Å². The second kappa shape index (κ2) is 44.7. The minimum absolute atomic E-state index is 0. The van der Waals surface area contributed by atoms with Gasteiger partial charge in [-0.25, -0.2) is 24.9 Å². The molecule has 0 N–H and O–H groups in total. The van der Waals surface area contributed by atoms with Gasteiger partial charge in [0.05, 0.1) is 62.7 Å². The van der Waals surface area contributed by atoms with E-state index in [9.17, 15) is 0 Å². The summed E-state index contributed by atoms with van der Waals surface area (Å²) in [5.74, 6) is 7.62. The molecule has 5 radical (unpaired) electrons. The molecule has 0 saturated carbocycles. The van der Waals surface area contributed by atoms with Crippen LogP contribution in [0.5, 0.6) is 0 Å². The van der Waals surface area contributed by atoms with Gasteiger partial charge in [-0.2, -0.15) is 25.5 Å². The fourth-order valence-electron chi connectivity index (χ4n) is 17.7. The minimum atomic E-state index is 0. The molecule has 0 amide bonds. The van der Waals surface area contributed by atoms with Gasteiger partial charge in [-0.15, -0.1) is 144 Å². The molecule has 30 heteroatoms. The largest absolute Gasteiger partial charge is 0.488 e. The van der Waals surface area contributed by atoms with Crippen molar-refractivity contribution in [3.8, 4) is 119 Å². The molecule has 717 valence electrons. The van der Waals surface area contributed by atoms with Gasteiger partial charge < -0.3 is 44.9 Å². The summed E-state index contributed by atoms with van der Waals surface area (Å²) in [6.07, 6.45) is 8.77. The molecule has 0 unspecified atom stereocenters. The number of aromatic nitrogens is 20. The number of oxazole rings is 5. The van der Waals surface area contributed by atoms with Crippen LogP contribution in [0.15, 0.2) is 284 Å². The molecular formula is C111H93Ir5N20O5-5. The Morgan fingerprint density at radius 2 is 0.489 bits per heavy atom. The van der Waals surface area contributed by atoms with Crippen molar-refractivity contribution < 1.29 is 123 Å². The molecule has 141 heavy (non-hydrogen) atoms. The topological polar surface area (TPSA) is 284 Å². The Balaban J connectivity index is 0.000000140. The number of para-hydroxylation sites is 3. The van der Waals surface area contributed by atoms with E-state index in [1.807, 2.05) is 120 Å². The number of benzene rings is 13. The predicted octanol–water partition coefficient (Wildman–Crippen LogP) is 25.3. The first-order chi connectivity index (χ1) is 66.0. The van der Waals surface area contributed by atoms with E-state index in [0.717, 1.165) is 163 Å². The van der Waals surface area contributed by atoms with E-state index in [-0.39, 0.29) is 101 Å². The molecule has 0 saturated heterocycles. The van der Waals surface area contributed by atoms with Crippen molar-refractivity contribution in [2.75, 3.05) is 0 Å². The number of hydrogen-bond acceptors (Lipinski definition) is 20. The van der Waals surface area contributed by atoms with Gasteiger partial charge in [0.2, 0.25) is 0 Å². The Hall–Kier alpha value is -13.8. The van der Waals surface area contributed by atoms with Gasteiger partial charge in [-0.05, 0) is 139 Å². The van der Waals surface area contributed by atoms with Crippen molar-refractivity contribution in [2.24, 2.45) is 0 Å². The maximum Gasteiger partial charge on any atom is 0.180 e. The van der Waals surface area contributed by atoms with E-state index < -0.39 is 0 Å². The molecule has 0 aliphatic rings. The van der Waals surface area contributed by atoms with Crippen LogP contribution < -0.4 is 0 Å². The van der Waals surface area contributed by atoms with Crippen LogP contribution in [-0.2, 0) is 101 Å². The van der Waals surface area contributed by atoms with Crippen LogP contribution in [0.2, 0.25) is 0 Å². The summed E-state index contributed by atoms with van der Waals surface area (Å²) in [6.45, 7) is 32.7. The second-order valence-electron chi connectivity index (χ2n) is 34.1. The summed E-state index contributed by atoms with van der Waals surface area (Å²) < 4.78 is 37.9. The summed E-state index contributed by atoms with van der Waals surface area (Å²) in [5.41, 5.74) is 34.8. The Morgan fingerprint density at radius 1 is 0.241 bits per heavy atom. The van der Waals surface area contributed by atoms with Crippen molar-refractivity contribution in [2.45, 2.75) is 123 Å². The molecule has 0 aliphatic heterocycles. The Labute approximate surface area is 882 Å².